The molecule has 2 aromatic rings. The lowest BCUT2D eigenvalue weighted by molar-refractivity contribution is 0.199. The van der Waals surface area contributed by atoms with Crippen LogP contribution in [0.4, 0.5) is 0 Å². The minimum atomic E-state index is 0.438. The van der Waals surface area contributed by atoms with Crippen LogP contribution in [-0.4, -0.2) is 24.6 Å². The Kier molecular flexibility index (Phi) is 5.86. The van der Waals surface area contributed by atoms with E-state index in [1.54, 1.807) is 6.26 Å². The Balaban J connectivity index is 1.75. The molecule has 0 spiro atoms. The molecular formula is C17H20N2O2. The molecule has 0 atom stereocenters. The SMILES string of the molecule is CCN(CCOc1ccc(CC#N)cc1)Cc1ccco1. The molecule has 110 valence electrons. The van der Waals surface area contributed by atoms with Crippen LogP contribution < -0.4 is 4.74 Å². The van der Waals surface area contributed by atoms with E-state index < -0.39 is 0 Å². The van der Waals surface area contributed by atoms with Crippen molar-refractivity contribution in [2.45, 2.75) is 19.9 Å². The van der Waals surface area contributed by atoms with Crippen molar-refractivity contribution in [1.82, 2.24) is 4.90 Å². The van der Waals surface area contributed by atoms with E-state index in [4.69, 9.17) is 14.4 Å². The number of nitriles is 1. The largest absolute Gasteiger partial charge is 0.492 e. The zero-order chi connectivity index (χ0) is 14.9. The minimum Gasteiger partial charge on any atom is -0.492 e. The molecule has 1 aromatic heterocycles. The van der Waals surface area contributed by atoms with Crippen molar-refractivity contribution < 1.29 is 9.15 Å². The van der Waals surface area contributed by atoms with Gasteiger partial charge >= 0.3 is 0 Å². The first kappa shape index (κ1) is 15.1. The van der Waals surface area contributed by atoms with Gasteiger partial charge in [-0.05, 0) is 36.4 Å². The predicted molar refractivity (Wildman–Crippen MR) is 80.9 cm³/mol. The molecule has 1 aromatic carbocycles. The average Bonchev–Trinajstić information content (AvgIpc) is 3.01. The van der Waals surface area contributed by atoms with E-state index in [0.717, 1.165) is 36.7 Å². The van der Waals surface area contributed by atoms with Crippen LogP contribution in [-0.2, 0) is 13.0 Å². The van der Waals surface area contributed by atoms with Crippen LogP contribution in [0.15, 0.2) is 47.1 Å². The molecular weight excluding hydrogens is 264 g/mol. The predicted octanol–water partition coefficient (Wildman–Crippen LogP) is 3.25. The third-order valence-corrected chi connectivity index (χ3v) is 3.29. The fourth-order valence-electron chi connectivity index (χ4n) is 2.06. The standard InChI is InChI=1S/C17H20N2O2/c1-2-19(14-17-4-3-12-20-17)11-13-21-16-7-5-15(6-8-16)9-10-18/h3-8,12H,2,9,11,13-14H2,1H3. The Morgan fingerprint density at radius 3 is 2.67 bits per heavy atom. The van der Waals surface area contributed by atoms with Gasteiger partial charge in [-0.3, -0.25) is 4.90 Å². The van der Waals surface area contributed by atoms with E-state index in [1.165, 1.54) is 0 Å². The summed E-state index contributed by atoms with van der Waals surface area (Å²) in [6.45, 7) is 5.35. The Morgan fingerprint density at radius 2 is 2.05 bits per heavy atom. The number of benzene rings is 1. The highest BCUT2D eigenvalue weighted by Crippen LogP contribution is 2.12. The lowest BCUT2D eigenvalue weighted by atomic mass is 10.2. The van der Waals surface area contributed by atoms with Gasteiger partial charge in [-0.15, -0.1) is 0 Å². The van der Waals surface area contributed by atoms with Crippen molar-refractivity contribution in [3.8, 4) is 11.8 Å². The van der Waals surface area contributed by atoms with Gasteiger partial charge in [0, 0.05) is 6.54 Å². The lowest BCUT2D eigenvalue weighted by Crippen LogP contribution is -2.27. The van der Waals surface area contributed by atoms with Gasteiger partial charge in [0.1, 0.15) is 18.1 Å². The Labute approximate surface area is 125 Å². The number of likely N-dealkylation sites (N-methyl/N-ethyl adjacent to an activating group) is 1. The third kappa shape index (κ3) is 4.97. The molecule has 0 radical (unpaired) electrons. The summed E-state index contributed by atoms with van der Waals surface area (Å²) in [4.78, 5) is 2.27. The van der Waals surface area contributed by atoms with Crippen LogP contribution in [0, 0.1) is 11.3 Å². The molecule has 0 saturated heterocycles. The molecule has 0 unspecified atom stereocenters. The van der Waals surface area contributed by atoms with Crippen molar-refractivity contribution in [3.05, 3.63) is 54.0 Å². The first-order valence-electron chi connectivity index (χ1n) is 7.15. The van der Waals surface area contributed by atoms with Gasteiger partial charge in [-0.1, -0.05) is 19.1 Å². The van der Waals surface area contributed by atoms with E-state index in [2.05, 4.69) is 17.9 Å². The molecule has 1 heterocycles. The van der Waals surface area contributed by atoms with Crippen molar-refractivity contribution in [2.24, 2.45) is 0 Å². The molecule has 0 amide bonds. The summed E-state index contributed by atoms with van der Waals surface area (Å²) in [5.74, 6) is 1.81. The van der Waals surface area contributed by atoms with Crippen LogP contribution in [0.5, 0.6) is 5.75 Å². The smallest absolute Gasteiger partial charge is 0.119 e. The van der Waals surface area contributed by atoms with Gasteiger partial charge in [0.05, 0.1) is 25.3 Å². The van der Waals surface area contributed by atoms with E-state index in [0.29, 0.717) is 13.0 Å². The topological polar surface area (TPSA) is 49.4 Å². The number of rotatable bonds is 8. The second kappa shape index (κ2) is 8.13. The lowest BCUT2D eigenvalue weighted by Gasteiger charge is -2.19. The molecule has 0 aliphatic rings. The number of hydrogen-bond donors (Lipinski definition) is 0. The highest BCUT2D eigenvalue weighted by atomic mass is 16.5. The fourth-order valence-corrected chi connectivity index (χ4v) is 2.06. The molecule has 0 fully saturated rings. The Hall–Kier alpha value is -2.25. The van der Waals surface area contributed by atoms with Gasteiger partial charge in [-0.25, -0.2) is 0 Å². The third-order valence-electron chi connectivity index (χ3n) is 3.29. The van der Waals surface area contributed by atoms with Crippen molar-refractivity contribution >= 4 is 0 Å². The second-order valence-corrected chi connectivity index (χ2v) is 4.78. The molecule has 0 saturated carbocycles. The quantitative estimate of drug-likeness (QED) is 0.746. The maximum Gasteiger partial charge on any atom is 0.119 e. The summed E-state index contributed by atoms with van der Waals surface area (Å²) in [6.07, 6.45) is 2.13. The monoisotopic (exact) mass is 284 g/mol. The highest BCUT2D eigenvalue weighted by molar-refractivity contribution is 5.28. The number of nitrogens with zero attached hydrogens (tertiary/aromatic N) is 2. The van der Waals surface area contributed by atoms with E-state index in [9.17, 15) is 0 Å². The summed E-state index contributed by atoms with van der Waals surface area (Å²) < 4.78 is 11.1. The molecule has 0 aliphatic carbocycles. The van der Waals surface area contributed by atoms with E-state index in [1.807, 2.05) is 36.4 Å². The summed E-state index contributed by atoms with van der Waals surface area (Å²) in [5, 5.41) is 8.63. The fraction of sp³-hybridized carbons (Fsp3) is 0.353. The zero-order valence-corrected chi connectivity index (χ0v) is 12.3. The molecule has 2 rings (SSSR count). The number of hydrogen-bond acceptors (Lipinski definition) is 4. The zero-order valence-electron chi connectivity index (χ0n) is 12.3. The molecule has 0 bridgehead atoms. The van der Waals surface area contributed by atoms with Crippen LogP contribution in [0.3, 0.4) is 0 Å². The molecule has 21 heavy (non-hydrogen) atoms. The second-order valence-electron chi connectivity index (χ2n) is 4.78. The molecule has 0 N–H and O–H groups in total. The van der Waals surface area contributed by atoms with Gasteiger partial charge in [-0.2, -0.15) is 5.26 Å². The highest BCUT2D eigenvalue weighted by Gasteiger charge is 2.06. The van der Waals surface area contributed by atoms with Gasteiger partial charge in [0.15, 0.2) is 0 Å². The molecule has 4 heteroatoms. The molecule has 0 aliphatic heterocycles. The molecule has 4 nitrogen and oxygen atoms in total. The van der Waals surface area contributed by atoms with Crippen molar-refractivity contribution in [2.75, 3.05) is 19.7 Å². The van der Waals surface area contributed by atoms with Crippen LogP contribution in [0.1, 0.15) is 18.2 Å². The number of furan rings is 1. The summed E-state index contributed by atoms with van der Waals surface area (Å²) in [7, 11) is 0. The normalized spacial score (nSPS) is 10.5. The van der Waals surface area contributed by atoms with E-state index in [-0.39, 0.29) is 0 Å². The van der Waals surface area contributed by atoms with Crippen LogP contribution >= 0.6 is 0 Å². The van der Waals surface area contributed by atoms with Crippen molar-refractivity contribution in [1.29, 1.82) is 5.26 Å². The average molecular weight is 284 g/mol. The summed E-state index contributed by atoms with van der Waals surface area (Å²) >= 11 is 0. The minimum absolute atomic E-state index is 0.438. The Bertz CT molecular complexity index is 555. The maximum absolute atomic E-state index is 8.63. The summed E-state index contributed by atoms with van der Waals surface area (Å²) in [5.41, 5.74) is 1.01. The maximum atomic E-state index is 8.63. The van der Waals surface area contributed by atoms with Crippen LogP contribution in [0.25, 0.3) is 0 Å². The summed E-state index contributed by atoms with van der Waals surface area (Å²) in [6, 6.07) is 13.7. The van der Waals surface area contributed by atoms with Gasteiger partial charge < -0.3 is 9.15 Å². The Morgan fingerprint density at radius 1 is 1.24 bits per heavy atom. The van der Waals surface area contributed by atoms with Gasteiger partial charge in [0.2, 0.25) is 0 Å². The van der Waals surface area contributed by atoms with Crippen LogP contribution in [0.2, 0.25) is 0 Å². The van der Waals surface area contributed by atoms with Crippen molar-refractivity contribution in [3.63, 3.8) is 0 Å². The first-order valence-corrected chi connectivity index (χ1v) is 7.15. The first-order chi connectivity index (χ1) is 10.3. The number of ether oxygens (including phenoxy) is 1. The van der Waals surface area contributed by atoms with E-state index >= 15 is 0 Å². The van der Waals surface area contributed by atoms with Gasteiger partial charge in [0.25, 0.3) is 0 Å².